The van der Waals surface area contributed by atoms with Gasteiger partial charge in [-0.2, -0.15) is 0 Å². The molecule has 0 amide bonds. The molecule has 104 valence electrons. The van der Waals surface area contributed by atoms with E-state index in [2.05, 4.69) is 5.32 Å². The van der Waals surface area contributed by atoms with Crippen molar-refractivity contribution < 1.29 is 14.2 Å². The summed E-state index contributed by atoms with van der Waals surface area (Å²) in [4.78, 5) is 0. The van der Waals surface area contributed by atoms with Crippen molar-refractivity contribution in [3.05, 3.63) is 59.4 Å². The number of halogens is 1. The first-order chi connectivity index (χ1) is 9.69. The number of hydrogen-bond acceptors (Lipinski definition) is 3. The van der Waals surface area contributed by atoms with Crippen molar-refractivity contribution in [3.8, 4) is 11.5 Å². The predicted octanol–water partition coefficient (Wildman–Crippen LogP) is 3.32. The summed E-state index contributed by atoms with van der Waals surface area (Å²) in [6.45, 7) is 0. The Balaban J connectivity index is 1.95. The van der Waals surface area contributed by atoms with E-state index in [0.29, 0.717) is 0 Å². The highest BCUT2D eigenvalue weighted by atomic mass is 19.1. The van der Waals surface area contributed by atoms with E-state index >= 15 is 0 Å². The lowest BCUT2D eigenvalue weighted by Gasteiger charge is -2.32. The van der Waals surface area contributed by atoms with E-state index in [-0.39, 0.29) is 17.9 Å². The van der Waals surface area contributed by atoms with Crippen LogP contribution in [0.5, 0.6) is 11.5 Å². The molecule has 0 aliphatic carbocycles. The minimum absolute atomic E-state index is 0.168. The van der Waals surface area contributed by atoms with Crippen molar-refractivity contribution >= 4 is 0 Å². The zero-order valence-electron chi connectivity index (χ0n) is 11.1. The van der Waals surface area contributed by atoms with Gasteiger partial charge in [0, 0.05) is 18.0 Å². The van der Waals surface area contributed by atoms with Crippen LogP contribution in [0.2, 0.25) is 0 Å². The molecular formula is C16H16FNO2. The molecule has 2 atom stereocenters. The summed E-state index contributed by atoms with van der Waals surface area (Å²) in [5, 5.41) is 12.5. The van der Waals surface area contributed by atoms with E-state index in [1.54, 1.807) is 6.07 Å². The maximum Gasteiger partial charge on any atom is 0.165 e. The highest BCUT2D eigenvalue weighted by Crippen LogP contribution is 2.40. The lowest BCUT2D eigenvalue weighted by Crippen LogP contribution is -2.26. The third kappa shape index (κ3) is 2.23. The average molecular weight is 273 g/mol. The number of rotatable bonds is 2. The van der Waals surface area contributed by atoms with Crippen LogP contribution in [-0.2, 0) is 0 Å². The average Bonchev–Trinajstić information content (AvgIpc) is 2.49. The Morgan fingerprint density at radius 2 is 2.05 bits per heavy atom. The summed E-state index contributed by atoms with van der Waals surface area (Å²) in [7, 11) is 1.90. The van der Waals surface area contributed by atoms with Gasteiger partial charge in [-0.3, -0.25) is 0 Å². The van der Waals surface area contributed by atoms with Crippen LogP contribution in [0.4, 0.5) is 4.39 Å². The van der Waals surface area contributed by atoms with Gasteiger partial charge < -0.3 is 15.2 Å². The first-order valence-corrected chi connectivity index (χ1v) is 6.60. The summed E-state index contributed by atoms with van der Waals surface area (Å²) in [6, 6.07) is 12.4. The van der Waals surface area contributed by atoms with E-state index in [1.807, 2.05) is 31.3 Å². The minimum Gasteiger partial charge on any atom is -0.505 e. The second-order valence-electron chi connectivity index (χ2n) is 4.93. The van der Waals surface area contributed by atoms with Crippen LogP contribution < -0.4 is 10.1 Å². The van der Waals surface area contributed by atoms with Gasteiger partial charge in [0.25, 0.3) is 0 Å². The first-order valence-electron chi connectivity index (χ1n) is 6.60. The van der Waals surface area contributed by atoms with E-state index in [9.17, 15) is 9.50 Å². The molecule has 1 aliphatic rings. The highest BCUT2D eigenvalue weighted by Gasteiger charge is 2.28. The van der Waals surface area contributed by atoms with E-state index < -0.39 is 5.82 Å². The maximum absolute atomic E-state index is 13.5. The van der Waals surface area contributed by atoms with Gasteiger partial charge >= 0.3 is 0 Å². The molecule has 0 spiro atoms. The second-order valence-corrected chi connectivity index (χ2v) is 4.93. The Bertz CT molecular complexity index is 630. The Morgan fingerprint density at radius 1 is 1.25 bits per heavy atom. The van der Waals surface area contributed by atoms with Gasteiger partial charge in [0.1, 0.15) is 11.9 Å². The molecule has 0 aromatic heterocycles. The lowest BCUT2D eigenvalue weighted by atomic mass is 9.93. The zero-order chi connectivity index (χ0) is 14.1. The van der Waals surface area contributed by atoms with Crippen LogP contribution in [-0.4, -0.2) is 12.2 Å². The summed E-state index contributed by atoms with van der Waals surface area (Å²) in [5.74, 6) is -0.141. The summed E-state index contributed by atoms with van der Waals surface area (Å²) >= 11 is 0. The monoisotopic (exact) mass is 273 g/mol. The standard InChI is InChI=1S/C16H16FNO2/c1-18-13-9-16(10-6-7-14(19)12(17)8-10)20-15-5-3-2-4-11(13)15/h2-8,13,16,18-19H,9H2,1H3. The quantitative estimate of drug-likeness (QED) is 0.882. The second kappa shape index (κ2) is 5.13. The molecule has 0 fully saturated rings. The Kier molecular flexibility index (Phi) is 3.32. The largest absolute Gasteiger partial charge is 0.505 e. The fraction of sp³-hybridized carbons (Fsp3) is 0.250. The maximum atomic E-state index is 13.5. The molecule has 20 heavy (non-hydrogen) atoms. The SMILES string of the molecule is CNC1CC(c2ccc(O)c(F)c2)Oc2ccccc21. The van der Waals surface area contributed by atoms with Crippen molar-refractivity contribution in [1.29, 1.82) is 0 Å². The number of aromatic hydroxyl groups is 1. The first kappa shape index (κ1) is 12.9. The number of ether oxygens (including phenoxy) is 1. The molecule has 2 N–H and O–H groups in total. The fourth-order valence-electron chi connectivity index (χ4n) is 2.62. The third-order valence-electron chi connectivity index (χ3n) is 3.71. The minimum atomic E-state index is -0.619. The molecule has 0 saturated heterocycles. The number of benzene rings is 2. The van der Waals surface area contributed by atoms with Gasteiger partial charge in [-0.15, -0.1) is 0 Å². The van der Waals surface area contributed by atoms with Crippen molar-refractivity contribution in [2.24, 2.45) is 0 Å². The number of fused-ring (bicyclic) bond motifs is 1. The molecule has 0 radical (unpaired) electrons. The van der Waals surface area contributed by atoms with E-state index in [4.69, 9.17) is 4.74 Å². The van der Waals surface area contributed by atoms with Crippen LogP contribution in [0.1, 0.15) is 29.7 Å². The van der Waals surface area contributed by atoms with Gasteiger partial charge in [-0.25, -0.2) is 4.39 Å². The zero-order valence-corrected chi connectivity index (χ0v) is 11.1. The fourth-order valence-corrected chi connectivity index (χ4v) is 2.62. The number of hydrogen-bond donors (Lipinski definition) is 2. The summed E-state index contributed by atoms with van der Waals surface area (Å²) in [5.41, 5.74) is 1.85. The van der Waals surface area contributed by atoms with Gasteiger partial charge in [0.05, 0.1) is 0 Å². The molecule has 3 rings (SSSR count). The lowest BCUT2D eigenvalue weighted by molar-refractivity contribution is 0.153. The molecule has 1 aliphatic heterocycles. The summed E-state index contributed by atoms with van der Waals surface area (Å²) < 4.78 is 19.4. The molecule has 4 heteroatoms. The topological polar surface area (TPSA) is 41.5 Å². The molecule has 2 unspecified atom stereocenters. The van der Waals surface area contributed by atoms with Gasteiger partial charge in [-0.05, 0) is 30.8 Å². The Hall–Kier alpha value is -2.07. The smallest absolute Gasteiger partial charge is 0.165 e. The molecule has 1 heterocycles. The van der Waals surface area contributed by atoms with Crippen molar-refractivity contribution in [3.63, 3.8) is 0 Å². The molecule has 0 bridgehead atoms. The van der Waals surface area contributed by atoms with E-state index in [0.717, 1.165) is 23.3 Å². The third-order valence-corrected chi connectivity index (χ3v) is 3.71. The van der Waals surface area contributed by atoms with Crippen LogP contribution in [0.25, 0.3) is 0 Å². The van der Waals surface area contributed by atoms with Crippen LogP contribution in [0.3, 0.4) is 0 Å². The number of para-hydroxylation sites is 1. The molecule has 3 nitrogen and oxygen atoms in total. The molecule has 2 aromatic rings. The Morgan fingerprint density at radius 3 is 2.80 bits per heavy atom. The van der Waals surface area contributed by atoms with Gasteiger partial charge in [-0.1, -0.05) is 24.3 Å². The van der Waals surface area contributed by atoms with Crippen LogP contribution >= 0.6 is 0 Å². The number of phenolic OH excluding ortho intramolecular Hbond substituents is 1. The predicted molar refractivity (Wildman–Crippen MR) is 74.3 cm³/mol. The van der Waals surface area contributed by atoms with E-state index in [1.165, 1.54) is 12.1 Å². The van der Waals surface area contributed by atoms with Gasteiger partial charge in [0.2, 0.25) is 0 Å². The van der Waals surface area contributed by atoms with Crippen molar-refractivity contribution in [2.45, 2.75) is 18.6 Å². The molecule has 2 aromatic carbocycles. The van der Waals surface area contributed by atoms with Crippen LogP contribution in [0.15, 0.2) is 42.5 Å². The van der Waals surface area contributed by atoms with Crippen LogP contribution in [0, 0.1) is 5.82 Å². The van der Waals surface area contributed by atoms with Crippen molar-refractivity contribution in [1.82, 2.24) is 5.32 Å². The van der Waals surface area contributed by atoms with Gasteiger partial charge in [0.15, 0.2) is 11.6 Å². The summed E-state index contributed by atoms with van der Waals surface area (Å²) in [6.07, 6.45) is 0.495. The van der Waals surface area contributed by atoms with Crippen molar-refractivity contribution in [2.75, 3.05) is 7.05 Å². The molecular weight excluding hydrogens is 257 g/mol. The highest BCUT2D eigenvalue weighted by molar-refractivity contribution is 5.40. The molecule has 0 saturated carbocycles. The normalized spacial score (nSPS) is 21.1. The Labute approximate surface area is 117 Å². The number of phenols is 1. The number of nitrogens with one attached hydrogen (secondary N) is 1.